The van der Waals surface area contributed by atoms with Gasteiger partial charge in [-0.05, 0) is 45.7 Å². The summed E-state index contributed by atoms with van der Waals surface area (Å²) in [5.41, 5.74) is -1.17. The van der Waals surface area contributed by atoms with E-state index >= 15 is 0 Å². The Morgan fingerprint density at radius 3 is 2.38 bits per heavy atom. The molecule has 0 spiro atoms. The molecule has 0 aliphatic carbocycles. The van der Waals surface area contributed by atoms with Crippen molar-refractivity contribution in [2.24, 2.45) is 11.3 Å². The van der Waals surface area contributed by atoms with Gasteiger partial charge in [0, 0.05) is 17.5 Å². The molecule has 1 heterocycles. The van der Waals surface area contributed by atoms with Gasteiger partial charge in [-0.1, -0.05) is 13.8 Å². The van der Waals surface area contributed by atoms with Crippen molar-refractivity contribution >= 4 is 15.9 Å². The predicted molar refractivity (Wildman–Crippen MR) is 84.4 cm³/mol. The molecule has 7 heteroatoms. The zero-order chi connectivity index (χ0) is 16.3. The second-order valence-electron chi connectivity index (χ2n) is 7.21. The van der Waals surface area contributed by atoms with Crippen molar-refractivity contribution in [3.63, 3.8) is 0 Å². The first kappa shape index (κ1) is 18.4. The lowest BCUT2D eigenvalue weighted by molar-refractivity contribution is -0.132. The van der Waals surface area contributed by atoms with Crippen LogP contribution in [0, 0.1) is 11.3 Å². The number of carbonyl (C=O) groups excluding carboxylic acids is 1. The minimum atomic E-state index is -3.30. The smallest absolute Gasteiger partial charge is 0.226 e. The van der Waals surface area contributed by atoms with Gasteiger partial charge in [0.25, 0.3) is 0 Å². The number of rotatable bonds is 6. The molecule has 1 atom stereocenters. The van der Waals surface area contributed by atoms with Gasteiger partial charge in [0.1, 0.15) is 0 Å². The second-order valence-corrected chi connectivity index (χ2v) is 8.95. The Balaban J connectivity index is 2.59. The molecule has 6 nitrogen and oxygen atoms in total. The van der Waals surface area contributed by atoms with Gasteiger partial charge in [0.15, 0.2) is 0 Å². The first-order valence-electron chi connectivity index (χ1n) is 7.42. The standard InChI is InChI=1S/C14H29N3O3S/c1-13(2,17-21(5,19)20)10-16-12(18)14(3,4)11-7-6-8-15-9-11/h11,15,17H,6-10H2,1-5H3,(H,16,18). The molecular formula is C14H29N3O3S. The second kappa shape index (κ2) is 6.62. The molecule has 0 aromatic carbocycles. The number of piperidine rings is 1. The van der Waals surface area contributed by atoms with E-state index in [9.17, 15) is 13.2 Å². The summed E-state index contributed by atoms with van der Waals surface area (Å²) in [5, 5.41) is 6.22. The third kappa shape index (κ3) is 5.92. The Bertz CT molecular complexity index is 466. The number of carbonyl (C=O) groups is 1. The van der Waals surface area contributed by atoms with E-state index in [-0.39, 0.29) is 12.5 Å². The van der Waals surface area contributed by atoms with Crippen molar-refractivity contribution in [2.75, 3.05) is 25.9 Å². The van der Waals surface area contributed by atoms with Crippen LogP contribution in [0.2, 0.25) is 0 Å². The lowest BCUT2D eigenvalue weighted by Crippen LogP contribution is -2.54. The molecule has 21 heavy (non-hydrogen) atoms. The quantitative estimate of drug-likeness (QED) is 0.663. The van der Waals surface area contributed by atoms with Crippen LogP contribution >= 0.6 is 0 Å². The summed E-state index contributed by atoms with van der Waals surface area (Å²) in [6.07, 6.45) is 3.25. The third-order valence-corrected chi connectivity index (χ3v) is 4.98. The van der Waals surface area contributed by atoms with Crippen molar-refractivity contribution in [1.82, 2.24) is 15.4 Å². The molecule has 1 unspecified atom stereocenters. The van der Waals surface area contributed by atoms with Crippen LogP contribution in [0.4, 0.5) is 0 Å². The van der Waals surface area contributed by atoms with E-state index in [4.69, 9.17) is 0 Å². The van der Waals surface area contributed by atoms with Gasteiger partial charge in [-0.15, -0.1) is 0 Å². The Hall–Kier alpha value is -0.660. The maximum atomic E-state index is 12.5. The van der Waals surface area contributed by atoms with Crippen LogP contribution in [0.3, 0.4) is 0 Å². The molecule has 0 saturated carbocycles. The molecule has 1 fully saturated rings. The number of nitrogens with one attached hydrogen (secondary N) is 3. The Labute approximate surface area is 128 Å². The van der Waals surface area contributed by atoms with Crippen molar-refractivity contribution in [1.29, 1.82) is 0 Å². The van der Waals surface area contributed by atoms with Gasteiger partial charge in [-0.3, -0.25) is 4.79 Å². The van der Waals surface area contributed by atoms with E-state index in [1.807, 2.05) is 13.8 Å². The molecule has 0 bridgehead atoms. The molecule has 1 rings (SSSR count). The highest BCUT2D eigenvalue weighted by Crippen LogP contribution is 2.31. The van der Waals surface area contributed by atoms with Crippen LogP contribution in [0.1, 0.15) is 40.5 Å². The molecule has 1 saturated heterocycles. The minimum absolute atomic E-state index is 0.0282. The Morgan fingerprint density at radius 2 is 1.90 bits per heavy atom. The molecule has 1 amide bonds. The van der Waals surface area contributed by atoms with E-state index in [1.54, 1.807) is 13.8 Å². The summed E-state index contributed by atoms with van der Waals surface area (Å²) in [6.45, 7) is 9.55. The molecule has 124 valence electrons. The summed E-state index contributed by atoms with van der Waals surface area (Å²) in [4.78, 5) is 12.5. The summed E-state index contributed by atoms with van der Waals surface area (Å²) in [7, 11) is -3.30. The maximum Gasteiger partial charge on any atom is 0.226 e. The van der Waals surface area contributed by atoms with Crippen LogP contribution in [0.5, 0.6) is 0 Å². The normalized spacial score (nSPS) is 21.1. The van der Waals surface area contributed by atoms with Crippen LogP contribution in [-0.2, 0) is 14.8 Å². The van der Waals surface area contributed by atoms with E-state index < -0.39 is 21.0 Å². The topological polar surface area (TPSA) is 87.3 Å². The van der Waals surface area contributed by atoms with Crippen molar-refractivity contribution in [2.45, 2.75) is 46.1 Å². The molecule has 3 N–H and O–H groups in total. The predicted octanol–water partition coefficient (Wildman–Crippen LogP) is 0.456. The number of amides is 1. The van der Waals surface area contributed by atoms with Gasteiger partial charge in [-0.2, -0.15) is 0 Å². The molecule has 0 radical (unpaired) electrons. The highest BCUT2D eigenvalue weighted by molar-refractivity contribution is 7.88. The average Bonchev–Trinajstić information content (AvgIpc) is 2.34. The van der Waals surface area contributed by atoms with E-state index in [0.29, 0.717) is 5.92 Å². The van der Waals surface area contributed by atoms with Crippen molar-refractivity contribution in [3.8, 4) is 0 Å². The zero-order valence-electron chi connectivity index (χ0n) is 13.7. The van der Waals surface area contributed by atoms with Crippen LogP contribution in [-0.4, -0.2) is 45.8 Å². The van der Waals surface area contributed by atoms with Crippen LogP contribution < -0.4 is 15.4 Å². The fourth-order valence-corrected chi connectivity index (χ4v) is 3.80. The Morgan fingerprint density at radius 1 is 1.29 bits per heavy atom. The first-order chi connectivity index (χ1) is 9.44. The maximum absolute atomic E-state index is 12.5. The van der Waals surface area contributed by atoms with Gasteiger partial charge < -0.3 is 10.6 Å². The number of hydrogen-bond donors (Lipinski definition) is 3. The first-order valence-corrected chi connectivity index (χ1v) is 9.31. The average molecular weight is 319 g/mol. The highest BCUT2D eigenvalue weighted by atomic mass is 32.2. The lowest BCUT2D eigenvalue weighted by Gasteiger charge is -2.37. The summed E-state index contributed by atoms with van der Waals surface area (Å²) >= 11 is 0. The third-order valence-electron chi connectivity index (χ3n) is 4.06. The fourth-order valence-electron chi connectivity index (χ4n) is 2.72. The van der Waals surface area contributed by atoms with E-state index in [0.717, 1.165) is 32.2 Å². The van der Waals surface area contributed by atoms with Gasteiger partial charge >= 0.3 is 0 Å². The molecular weight excluding hydrogens is 290 g/mol. The van der Waals surface area contributed by atoms with Gasteiger partial charge in [-0.25, -0.2) is 13.1 Å². The number of sulfonamides is 1. The monoisotopic (exact) mass is 319 g/mol. The molecule has 0 aromatic heterocycles. The Kier molecular flexibility index (Phi) is 5.80. The minimum Gasteiger partial charge on any atom is -0.354 e. The van der Waals surface area contributed by atoms with Gasteiger partial charge in [0.05, 0.1) is 6.26 Å². The van der Waals surface area contributed by atoms with Crippen LogP contribution in [0.15, 0.2) is 0 Å². The fraction of sp³-hybridized carbons (Fsp3) is 0.929. The van der Waals surface area contributed by atoms with E-state index in [2.05, 4.69) is 15.4 Å². The van der Waals surface area contributed by atoms with Gasteiger partial charge in [0.2, 0.25) is 15.9 Å². The largest absolute Gasteiger partial charge is 0.354 e. The zero-order valence-corrected chi connectivity index (χ0v) is 14.6. The van der Waals surface area contributed by atoms with Crippen molar-refractivity contribution < 1.29 is 13.2 Å². The lowest BCUT2D eigenvalue weighted by atomic mass is 9.74. The summed E-state index contributed by atoms with van der Waals surface area (Å²) < 4.78 is 25.1. The summed E-state index contributed by atoms with van der Waals surface area (Å²) in [5.74, 6) is 0.275. The summed E-state index contributed by atoms with van der Waals surface area (Å²) in [6, 6.07) is 0. The molecule has 1 aliphatic heterocycles. The number of hydrogen-bond acceptors (Lipinski definition) is 4. The van der Waals surface area contributed by atoms with E-state index in [1.165, 1.54) is 0 Å². The SMILES string of the molecule is CC(C)(CNC(=O)C(C)(C)C1CCCNC1)NS(C)(=O)=O. The van der Waals surface area contributed by atoms with Crippen molar-refractivity contribution in [3.05, 3.63) is 0 Å². The molecule has 1 aliphatic rings. The highest BCUT2D eigenvalue weighted by Gasteiger charge is 2.37. The molecule has 0 aromatic rings. The van der Waals surface area contributed by atoms with Crippen LogP contribution in [0.25, 0.3) is 0 Å².